The van der Waals surface area contributed by atoms with Crippen molar-refractivity contribution in [3.63, 3.8) is 0 Å². The SMILES string of the molecule is O=C(O)C=Cc1ccc(CSc2ncns2)cc1. The molecule has 18 heavy (non-hydrogen) atoms. The molecule has 0 unspecified atom stereocenters. The van der Waals surface area contributed by atoms with Crippen LogP contribution < -0.4 is 0 Å². The Hall–Kier alpha value is -1.66. The van der Waals surface area contributed by atoms with Gasteiger partial charge < -0.3 is 5.11 Å². The summed E-state index contributed by atoms with van der Waals surface area (Å²) < 4.78 is 4.88. The number of carboxylic acid groups (broad SMARTS) is 1. The number of aromatic nitrogens is 2. The van der Waals surface area contributed by atoms with E-state index in [0.717, 1.165) is 21.7 Å². The molecule has 1 aromatic carbocycles. The van der Waals surface area contributed by atoms with Crippen LogP contribution in [0.5, 0.6) is 0 Å². The number of rotatable bonds is 5. The Balaban J connectivity index is 1.93. The number of nitrogens with zero attached hydrogens (tertiary/aromatic N) is 2. The second kappa shape index (κ2) is 6.32. The zero-order chi connectivity index (χ0) is 12.8. The molecule has 0 aliphatic carbocycles. The molecule has 6 heteroatoms. The van der Waals surface area contributed by atoms with Crippen LogP contribution in [0.15, 0.2) is 41.0 Å². The molecule has 0 spiro atoms. The molecular formula is C12H10N2O2S2. The Labute approximate surface area is 113 Å². The van der Waals surface area contributed by atoms with Crippen molar-refractivity contribution in [3.8, 4) is 0 Å². The van der Waals surface area contributed by atoms with E-state index in [-0.39, 0.29) is 0 Å². The summed E-state index contributed by atoms with van der Waals surface area (Å²) >= 11 is 3.02. The summed E-state index contributed by atoms with van der Waals surface area (Å²) in [6.07, 6.45) is 4.25. The monoisotopic (exact) mass is 278 g/mol. The molecule has 0 aliphatic rings. The van der Waals surface area contributed by atoms with Crippen molar-refractivity contribution in [2.45, 2.75) is 10.1 Å². The summed E-state index contributed by atoms with van der Waals surface area (Å²) in [4.78, 5) is 14.5. The van der Waals surface area contributed by atoms with Crippen molar-refractivity contribution < 1.29 is 9.90 Å². The second-order valence-corrected chi connectivity index (χ2v) is 5.41. The van der Waals surface area contributed by atoms with Gasteiger partial charge >= 0.3 is 5.97 Å². The van der Waals surface area contributed by atoms with Gasteiger partial charge in [0.15, 0.2) is 4.34 Å². The number of carbonyl (C=O) groups is 1. The fourth-order valence-electron chi connectivity index (χ4n) is 1.26. The smallest absolute Gasteiger partial charge is 0.328 e. The predicted molar refractivity (Wildman–Crippen MR) is 72.6 cm³/mol. The zero-order valence-corrected chi connectivity index (χ0v) is 10.9. The minimum atomic E-state index is -0.939. The molecule has 1 aromatic heterocycles. The highest BCUT2D eigenvalue weighted by Crippen LogP contribution is 2.23. The van der Waals surface area contributed by atoms with Crippen molar-refractivity contribution >= 4 is 35.3 Å². The van der Waals surface area contributed by atoms with E-state index in [1.807, 2.05) is 24.3 Å². The lowest BCUT2D eigenvalue weighted by Gasteiger charge is -1.99. The molecule has 1 heterocycles. The molecule has 2 rings (SSSR count). The van der Waals surface area contributed by atoms with Gasteiger partial charge in [-0.3, -0.25) is 0 Å². The maximum Gasteiger partial charge on any atom is 0.328 e. The maximum atomic E-state index is 10.4. The minimum absolute atomic E-state index is 0.831. The van der Waals surface area contributed by atoms with E-state index < -0.39 is 5.97 Å². The van der Waals surface area contributed by atoms with Crippen molar-refractivity contribution in [3.05, 3.63) is 47.8 Å². The van der Waals surface area contributed by atoms with Gasteiger partial charge in [0.25, 0.3) is 0 Å². The first-order valence-corrected chi connectivity index (χ1v) is 6.89. The van der Waals surface area contributed by atoms with E-state index in [0.29, 0.717) is 0 Å². The van der Waals surface area contributed by atoms with Gasteiger partial charge in [-0.05, 0) is 28.7 Å². The van der Waals surface area contributed by atoms with Crippen LogP contribution in [-0.4, -0.2) is 20.4 Å². The van der Waals surface area contributed by atoms with Crippen LogP contribution in [0.3, 0.4) is 0 Å². The Morgan fingerprint density at radius 3 is 2.78 bits per heavy atom. The third-order valence-electron chi connectivity index (χ3n) is 2.10. The van der Waals surface area contributed by atoms with Crippen LogP contribution >= 0.6 is 23.3 Å². The van der Waals surface area contributed by atoms with Gasteiger partial charge in [0.1, 0.15) is 6.33 Å². The first kappa shape index (κ1) is 12.8. The maximum absolute atomic E-state index is 10.4. The summed E-state index contributed by atoms with van der Waals surface area (Å²) in [6.45, 7) is 0. The van der Waals surface area contributed by atoms with E-state index in [1.54, 1.807) is 24.2 Å². The molecule has 0 bridgehead atoms. The van der Waals surface area contributed by atoms with Crippen LogP contribution in [-0.2, 0) is 10.5 Å². The van der Waals surface area contributed by atoms with E-state index in [2.05, 4.69) is 9.36 Å². The molecule has 0 aliphatic heterocycles. The summed E-state index contributed by atoms with van der Waals surface area (Å²) in [6, 6.07) is 7.76. The Morgan fingerprint density at radius 1 is 1.39 bits per heavy atom. The lowest BCUT2D eigenvalue weighted by atomic mass is 10.1. The summed E-state index contributed by atoms with van der Waals surface area (Å²) in [7, 11) is 0. The van der Waals surface area contributed by atoms with Gasteiger partial charge in [0.2, 0.25) is 0 Å². The quantitative estimate of drug-likeness (QED) is 0.673. The first-order valence-electron chi connectivity index (χ1n) is 5.13. The third kappa shape index (κ3) is 3.97. The van der Waals surface area contributed by atoms with Crippen LogP contribution in [0, 0.1) is 0 Å². The largest absolute Gasteiger partial charge is 0.478 e. The highest BCUT2D eigenvalue weighted by atomic mass is 32.2. The summed E-state index contributed by atoms with van der Waals surface area (Å²) in [5.41, 5.74) is 2.05. The number of benzene rings is 1. The van der Waals surface area contributed by atoms with Gasteiger partial charge in [-0.2, -0.15) is 4.37 Å². The molecule has 0 saturated carbocycles. The van der Waals surface area contributed by atoms with Crippen molar-refractivity contribution in [1.29, 1.82) is 0 Å². The van der Waals surface area contributed by atoms with Crippen LogP contribution in [0.1, 0.15) is 11.1 Å². The van der Waals surface area contributed by atoms with E-state index in [4.69, 9.17) is 5.11 Å². The molecule has 0 saturated heterocycles. The minimum Gasteiger partial charge on any atom is -0.478 e. The lowest BCUT2D eigenvalue weighted by molar-refractivity contribution is -0.131. The average molecular weight is 278 g/mol. The molecule has 0 amide bonds. The van der Waals surface area contributed by atoms with Gasteiger partial charge in [-0.25, -0.2) is 9.78 Å². The van der Waals surface area contributed by atoms with Gasteiger partial charge in [0, 0.05) is 11.8 Å². The van der Waals surface area contributed by atoms with Gasteiger partial charge in [-0.1, -0.05) is 36.0 Å². The number of thioether (sulfide) groups is 1. The molecule has 4 nitrogen and oxygen atoms in total. The third-order valence-corrected chi connectivity index (χ3v) is 3.97. The number of aliphatic carboxylic acids is 1. The summed E-state index contributed by atoms with van der Waals surface area (Å²) in [5.74, 6) is -0.108. The normalized spacial score (nSPS) is 10.9. The van der Waals surface area contributed by atoms with Crippen LogP contribution in [0.2, 0.25) is 0 Å². The second-order valence-electron chi connectivity index (χ2n) is 3.41. The van der Waals surface area contributed by atoms with Crippen molar-refractivity contribution in [1.82, 2.24) is 9.36 Å². The number of hydrogen-bond donors (Lipinski definition) is 1. The number of carboxylic acids is 1. The molecule has 2 aromatic rings. The Morgan fingerprint density at radius 2 is 2.17 bits per heavy atom. The molecule has 92 valence electrons. The lowest BCUT2D eigenvalue weighted by Crippen LogP contribution is -1.86. The highest BCUT2D eigenvalue weighted by molar-refractivity contribution is 8.00. The van der Waals surface area contributed by atoms with E-state index >= 15 is 0 Å². The van der Waals surface area contributed by atoms with E-state index in [1.165, 1.54) is 17.1 Å². The fourth-order valence-corrected chi connectivity index (χ4v) is 2.66. The molecule has 0 atom stereocenters. The Bertz CT molecular complexity index is 536. The zero-order valence-electron chi connectivity index (χ0n) is 9.31. The van der Waals surface area contributed by atoms with Crippen LogP contribution in [0.25, 0.3) is 6.08 Å². The van der Waals surface area contributed by atoms with Gasteiger partial charge in [-0.15, -0.1) is 0 Å². The topological polar surface area (TPSA) is 63.1 Å². The van der Waals surface area contributed by atoms with Gasteiger partial charge in [0.05, 0.1) is 0 Å². The highest BCUT2D eigenvalue weighted by Gasteiger charge is 1.99. The molecular weight excluding hydrogens is 268 g/mol. The predicted octanol–water partition coefficient (Wildman–Crippen LogP) is 2.93. The number of hydrogen-bond acceptors (Lipinski definition) is 5. The molecule has 1 N–H and O–H groups in total. The van der Waals surface area contributed by atoms with E-state index in [9.17, 15) is 4.79 Å². The van der Waals surface area contributed by atoms with Crippen molar-refractivity contribution in [2.24, 2.45) is 0 Å². The molecule has 0 radical (unpaired) electrons. The average Bonchev–Trinajstić information content (AvgIpc) is 2.88. The van der Waals surface area contributed by atoms with Crippen molar-refractivity contribution in [2.75, 3.05) is 0 Å². The Kier molecular flexibility index (Phi) is 4.49. The fraction of sp³-hybridized carbons (Fsp3) is 0.0833. The first-order chi connectivity index (χ1) is 8.74. The standard InChI is InChI=1S/C12H10N2O2S2/c15-11(16)6-5-9-1-3-10(4-2-9)7-17-12-13-8-14-18-12/h1-6,8H,7H2,(H,15,16). The summed E-state index contributed by atoms with van der Waals surface area (Å²) in [5, 5.41) is 8.52. The van der Waals surface area contributed by atoms with Crippen LogP contribution in [0.4, 0.5) is 0 Å². The molecule has 0 fully saturated rings.